The summed E-state index contributed by atoms with van der Waals surface area (Å²) in [4.78, 5) is 25.2. The number of aromatic nitrogens is 1. The molecule has 3 rings (SSSR count). The number of nitrogens with one attached hydrogen (secondary N) is 1. The molecule has 1 saturated carbocycles. The maximum Gasteiger partial charge on any atom is 0.341 e. The van der Waals surface area contributed by atoms with E-state index in [0.29, 0.717) is 17.4 Å². The lowest BCUT2D eigenvalue weighted by molar-refractivity contribution is -0.130. The Hall–Kier alpha value is -2.50. The minimum atomic E-state index is -0.874. The van der Waals surface area contributed by atoms with E-state index in [4.69, 9.17) is 9.47 Å². The number of methoxy groups -OCH3 is 1. The second-order valence-electron chi connectivity index (χ2n) is 8.23. The molecule has 1 aliphatic carbocycles. The van der Waals surface area contributed by atoms with Crippen molar-refractivity contribution in [2.24, 2.45) is 0 Å². The number of nitrogens with zero attached hydrogens (tertiary/aromatic N) is 1. The molecule has 0 bridgehead atoms. The molecule has 6 nitrogen and oxygen atoms in total. The van der Waals surface area contributed by atoms with Crippen LogP contribution in [0.3, 0.4) is 0 Å². The van der Waals surface area contributed by atoms with Gasteiger partial charge in [0, 0.05) is 28.2 Å². The van der Waals surface area contributed by atoms with Crippen LogP contribution in [0, 0.1) is 6.92 Å². The maximum atomic E-state index is 13.0. The highest BCUT2D eigenvalue weighted by Gasteiger charge is 2.32. The zero-order valence-electron chi connectivity index (χ0n) is 16.9. The first-order valence-electron chi connectivity index (χ1n) is 9.34. The minimum absolute atomic E-state index is 0.308. The highest BCUT2D eigenvalue weighted by molar-refractivity contribution is 6.07. The molecular weight excluding hydrogens is 344 g/mol. The van der Waals surface area contributed by atoms with Crippen molar-refractivity contribution in [1.82, 2.24) is 9.88 Å². The Morgan fingerprint density at radius 2 is 1.93 bits per heavy atom. The van der Waals surface area contributed by atoms with E-state index in [2.05, 4.69) is 9.88 Å². The van der Waals surface area contributed by atoms with Gasteiger partial charge in [-0.1, -0.05) is 0 Å². The van der Waals surface area contributed by atoms with Gasteiger partial charge < -0.3 is 19.4 Å². The fourth-order valence-electron chi connectivity index (χ4n) is 3.35. The molecule has 1 N–H and O–H groups in total. The summed E-state index contributed by atoms with van der Waals surface area (Å²) in [6.07, 6.45) is 1.34. The van der Waals surface area contributed by atoms with Gasteiger partial charge in [0.05, 0.1) is 12.7 Å². The first kappa shape index (κ1) is 19.3. The minimum Gasteiger partial charge on any atom is -0.497 e. The van der Waals surface area contributed by atoms with Crippen LogP contribution in [0.5, 0.6) is 5.75 Å². The predicted molar refractivity (Wildman–Crippen MR) is 104 cm³/mol. The third-order valence-corrected chi connectivity index (χ3v) is 4.72. The lowest BCUT2D eigenvalue weighted by Crippen LogP contribution is -2.46. The van der Waals surface area contributed by atoms with Crippen molar-refractivity contribution in [3.63, 3.8) is 0 Å². The molecule has 1 aliphatic rings. The summed E-state index contributed by atoms with van der Waals surface area (Å²) in [5, 5.41) is 3.64. The summed E-state index contributed by atoms with van der Waals surface area (Å²) < 4.78 is 13.0. The smallest absolute Gasteiger partial charge is 0.341 e. The number of hydrogen-bond donors (Lipinski definition) is 1. The molecule has 2 aromatic rings. The highest BCUT2D eigenvalue weighted by Crippen LogP contribution is 2.42. The molecule has 0 spiro atoms. The predicted octanol–water partition coefficient (Wildman–Crippen LogP) is 3.75. The van der Waals surface area contributed by atoms with Crippen LogP contribution in [-0.2, 0) is 9.53 Å². The van der Waals surface area contributed by atoms with Crippen LogP contribution in [0.25, 0.3) is 10.9 Å². The highest BCUT2D eigenvalue weighted by atomic mass is 16.5. The molecule has 0 radical (unpaired) electrons. The fourth-order valence-corrected chi connectivity index (χ4v) is 3.35. The molecule has 1 aromatic carbocycles. The maximum absolute atomic E-state index is 13.0. The summed E-state index contributed by atoms with van der Waals surface area (Å²) in [5.74, 6) is -0.109. The van der Waals surface area contributed by atoms with E-state index in [9.17, 15) is 9.59 Å². The average Bonchev–Trinajstić information content (AvgIpc) is 3.35. The zero-order chi connectivity index (χ0) is 19.9. The number of benzene rings is 1. The molecule has 0 unspecified atom stereocenters. The van der Waals surface area contributed by atoms with Crippen molar-refractivity contribution in [2.45, 2.75) is 65.1 Å². The number of ether oxygens (including phenoxy) is 2. The number of esters is 1. The number of amides is 1. The molecule has 146 valence electrons. The van der Waals surface area contributed by atoms with Crippen LogP contribution in [0.1, 0.15) is 62.6 Å². The second kappa shape index (κ2) is 6.91. The Bertz CT molecular complexity index is 888. The fraction of sp³-hybridized carbons (Fsp3) is 0.524. The van der Waals surface area contributed by atoms with Gasteiger partial charge in [-0.15, -0.1) is 0 Å². The van der Waals surface area contributed by atoms with Gasteiger partial charge in [-0.05, 0) is 65.7 Å². The third-order valence-electron chi connectivity index (χ3n) is 4.72. The van der Waals surface area contributed by atoms with Crippen LogP contribution in [0.15, 0.2) is 18.2 Å². The SMILES string of the molecule is COc1ccc2c(c1)c(C(=O)O[C@H](C)C(=O)NC(C)(C)C)c(C)n2C1CC1. The van der Waals surface area contributed by atoms with Gasteiger partial charge in [0.25, 0.3) is 5.91 Å². The normalized spacial score (nSPS) is 15.5. The van der Waals surface area contributed by atoms with Gasteiger partial charge in [-0.25, -0.2) is 4.79 Å². The van der Waals surface area contributed by atoms with Crippen molar-refractivity contribution >= 4 is 22.8 Å². The summed E-state index contributed by atoms with van der Waals surface area (Å²) in [7, 11) is 1.60. The van der Waals surface area contributed by atoms with Gasteiger partial charge in [0.2, 0.25) is 0 Å². The lowest BCUT2D eigenvalue weighted by Gasteiger charge is -2.23. The Balaban J connectivity index is 1.94. The Labute approximate surface area is 159 Å². The molecule has 1 heterocycles. The van der Waals surface area contributed by atoms with Crippen molar-refractivity contribution in [1.29, 1.82) is 0 Å². The summed E-state index contributed by atoms with van der Waals surface area (Å²) in [6.45, 7) is 9.19. The molecule has 1 atom stereocenters. The number of fused-ring (bicyclic) bond motifs is 1. The van der Waals surface area contributed by atoms with Crippen LogP contribution in [-0.4, -0.2) is 35.2 Å². The number of hydrogen-bond acceptors (Lipinski definition) is 4. The standard InChI is InChI=1S/C21H28N2O4/c1-12-18(20(25)27-13(2)19(24)22-21(3,4)5)16-11-15(26-6)9-10-17(16)23(12)14-7-8-14/h9-11,13-14H,7-8H2,1-6H3,(H,22,24)/t13-/m1/s1. The van der Waals surface area contributed by atoms with Crippen LogP contribution in [0.4, 0.5) is 0 Å². The molecule has 0 aliphatic heterocycles. The molecular formula is C21H28N2O4. The summed E-state index contributed by atoms with van der Waals surface area (Å²) >= 11 is 0. The van der Waals surface area contributed by atoms with Crippen molar-refractivity contribution in [3.05, 3.63) is 29.5 Å². The first-order valence-corrected chi connectivity index (χ1v) is 9.34. The van der Waals surface area contributed by atoms with Crippen molar-refractivity contribution in [3.8, 4) is 5.75 Å². The van der Waals surface area contributed by atoms with Crippen LogP contribution in [0.2, 0.25) is 0 Å². The molecule has 27 heavy (non-hydrogen) atoms. The average molecular weight is 372 g/mol. The van der Waals surface area contributed by atoms with Gasteiger partial charge >= 0.3 is 5.97 Å². The summed E-state index contributed by atoms with van der Waals surface area (Å²) in [5.41, 5.74) is 1.98. The molecule has 1 aromatic heterocycles. The van der Waals surface area contributed by atoms with E-state index < -0.39 is 12.1 Å². The number of rotatable bonds is 5. The van der Waals surface area contributed by atoms with E-state index in [-0.39, 0.29) is 11.4 Å². The van der Waals surface area contributed by atoms with Crippen LogP contribution >= 0.6 is 0 Å². The molecule has 0 saturated heterocycles. The van der Waals surface area contributed by atoms with Gasteiger partial charge in [0.1, 0.15) is 5.75 Å². The van der Waals surface area contributed by atoms with E-state index in [1.807, 2.05) is 45.9 Å². The second-order valence-corrected chi connectivity index (χ2v) is 8.23. The summed E-state index contributed by atoms with van der Waals surface area (Å²) in [6, 6.07) is 6.16. The van der Waals surface area contributed by atoms with E-state index in [0.717, 1.165) is 29.4 Å². The number of carbonyl (C=O) groups is 2. The molecule has 1 fully saturated rings. The van der Waals surface area contributed by atoms with Crippen LogP contribution < -0.4 is 10.1 Å². The number of carbonyl (C=O) groups excluding carboxylic acids is 2. The third kappa shape index (κ3) is 3.94. The van der Waals surface area contributed by atoms with E-state index in [1.54, 1.807) is 14.0 Å². The van der Waals surface area contributed by atoms with E-state index >= 15 is 0 Å². The first-order chi connectivity index (χ1) is 12.6. The van der Waals surface area contributed by atoms with Gasteiger partial charge in [-0.2, -0.15) is 0 Å². The van der Waals surface area contributed by atoms with Crippen molar-refractivity contribution in [2.75, 3.05) is 7.11 Å². The van der Waals surface area contributed by atoms with Gasteiger partial charge in [0.15, 0.2) is 6.10 Å². The van der Waals surface area contributed by atoms with E-state index in [1.165, 1.54) is 0 Å². The Morgan fingerprint density at radius 1 is 1.26 bits per heavy atom. The zero-order valence-corrected chi connectivity index (χ0v) is 16.9. The molecule has 1 amide bonds. The quantitative estimate of drug-likeness (QED) is 0.812. The monoisotopic (exact) mass is 372 g/mol. The topological polar surface area (TPSA) is 69.6 Å². The Kier molecular flexibility index (Phi) is 4.93. The van der Waals surface area contributed by atoms with Crippen molar-refractivity contribution < 1.29 is 19.1 Å². The largest absolute Gasteiger partial charge is 0.497 e. The Morgan fingerprint density at radius 3 is 2.48 bits per heavy atom. The van der Waals surface area contributed by atoms with Gasteiger partial charge in [-0.3, -0.25) is 4.79 Å². The molecule has 6 heteroatoms. The lowest BCUT2D eigenvalue weighted by atomic mass is 10.1.